The third-order valence-corrected chi connectivity index (χ3v) is 6.14. The lowest BCUT2D eigenvalue weighted by Crippen LogP contribution is -2.19. The molecule has 3 aromatic carbocycles. The van der Waals surface area contributed by atoms with Crippen LogP contribution in [-0.4, -0.2) is 25.0 Å². The lowest BCUT2D eigenvalue weighted by Gasteiger charge is -2.13. The number of hydrogen-bond acceptors (Lipinski definition) is 5. The van der Waals surface area contributed by atoms with Crippen molar-refractivity contribution in [3.63, 3.8) is 0 Å². The van der Waals surface area contributed by atoms with Crippen molar-refractivity contribution >= 4 is 51.4 Å². The van der Waals surface area contributed by atoms with Crippen molar-refractivity contribution < 1.29 is 14.3 Å². The monoisotopic (exact) mass is 532 g/mol. The van der Waals surface area contributed by atoms with Gasteiger partial charge in [-0.1, -0.05) is 54.1 Å². The predicted octanol–water partition coefficient (Wildman–Crippen LogP) is 6.07. The van der Waals surface area contributed by atoms with E-state index in [4.69, 9.17) is 21.1 Å². The molecule has 3 aromatic rings. The first-order valence-corrected chi connectivity index (χ1v) is 12.1. The Kier molecular flexibility index (Phi) is 9.46. The van der Waals surface area contributed by atoms with E-state index in [1.807, 2.05) is 60.7 Å². The average molecular weight is 534 g/mol. The summed E-state index contributed by atoms with van der Waals surface area (Å²) in [6, 6.07) is 21.1. The van der Waals surface area contributed by atoms with Crippen LogP contribution in [0.2, 0.25) is 5.02 Å². The molecule has 0 bridgehead atoms. The van der Waals surface area contributed by atoms with Crippen LogP contribution in [0.4, 0.5) is 0 Å². The van der Waals surface area contributed by atoms with Crippen molar-refractivity contribution in [2.75, 3.05) is 12.9 Å². The van der Waals surface area contributed by atoms with E-state index in [-0.39, 0.29) is 5.91 Å². The van der Waals surface area contributed by atoms with Crippen LogP contribution in [0, 0.1) is 0 Å². The number of benzene rings is 3. The molecule has 0 saturated carbocycles. The number of nitrogens with zero attached hydrogens (tertiary/aromatic N) is 1. The molecule has 5 nitrogen and oxygen atoms in total. The van der Waals surface area contributed by atoms with Crippen molar-refractivity contribution in [3.05, 3.63) is 92.9 Å². The molecule has 0 atom stereocenters. The SMILES string of the molecule is COc1cc(/C=N\NC(=O)CSCc2ccc(Cl)cc2)cc(Br)c1OCc1ccccc1. The number of carbonyl (C=O) groups excluding carboxylic acids is 1. The Morgan fingerprint density at radius 1 is 1.12 bits per heavy atom. The summed E-state index contributed by atoms with van der Waals surface area (Å²) < 4.78 is 12.1. The normalized spacial score (nSPS) is 10.8. The highest BCUT2D eigenvalue weighted by Crippen LogP contribution is 2.36. The Morgan fingerprint density at radius 2 is 1.88 bits per heavy atom. The van der Waals surface area contributed by atoms with Crippen LogP contribution in [0.15, 0.2) is 76.3 Å². The largest absolute Gasteiger partial charge is 0.493 e. The molecule has 0 radical (unpaired) electrons. The van der Waals surface area contributed by atoms with Crippen LogP contribution in [0.3, 0.4) is 0 Å². The second-order valence-electron chi connectivity index (χ2n) is 6.72. The number of ether oxygens (including phenoxy) is 2. The summed E-state index contributed by atoms with van der Waals surface area (Å²) in [5, 5.41) is 4.74. The molecule has 0 heterocycles. The van der Waals surface area contributed by atoms with Crippen LogP contribution >= 0.6 is 39.3 Å². The summed E-state index contributed by atoms with van der Waals surface area (Å²) in [7, 11) is 1.58. The van der Waals surface area contributed by atoms with Crippen molar-refractivity contribution in [2.45, 2.75) is 12.4 Å². The van der Waals surface area contributed by atoms with Gasteiger partial charge in [-0.3, -0.25) is 4.79 Å². The van der Waals surface area contributed by atoms with Crippen LogP contribution in [0.1, 0.15) is 16.7 Å². The number of hydrogen-bond donors (Lipinski definition) is 1. The lowest BCUT2D eigenvalue weighted by molar-refractivity contribution is -0.118. The van der Waals surface area contributed by atoms with Gasteiger partial charge in [-0.2, -0.15) is 5.10 Å². The third kappa shape index (κ3) is 7.58. The van der Waals surface area contributed by atoms with Gasteiger partial charge in [0.05, 0.1) is 23.5 Å². The molecule has 0 saturated heterocycles. The first-order chi connectivity index (χ1) is 15.5. The third-order valence-electron chi connectivity index (χ3n) is 4.30. The summed E-state index contributed by atoms with van der Waals surface area (Å²) in [5.41, 5.74) is 5.48. The highest BCUT2D eigenvalue weighted by atomic mass is 79.9. The number of amides is 1. The number of thioether (sulfide) groups is 1. The van der Waals surface area contributed by atoms with E-state index >= 15 is 0 Å². The minimum Gasteiger partial charge on any atom is -0.493 e. The molecule has 0 aliphatic carbocycles. The standard InChI is InChI=1S/C24H22BrClN2O3S/c1-30-22-12-19(11-21(25)24(22)31-14-17-5-3-2-4-6-17)13-27-28-23(29)16-32-15-18-7-9-20(26)10-8-18/h2-13H,14-16H2,1H3,(H,28,29)/b27-13-. The Balaban J connectivity index is 1.51. The first-order valence-electron chi connectivity index (χ1n) is 9.73. The second kappa shape index (κ2) is 12.5. The van der Waals surface area contributed by atoms with Crippen LogP contribution < -0.4 is 14.9 Å². The first kappa shape index (κ1) is 24.2. The smallest absolute Gasteiger partial charge is 0.250 e. The van der Waals surface area contributed by atoms with Crippen LogP contribution in [0.5, 0.6) is 11.5 Å². The molecule has 1 N–H and O–H groups in total. The topological polar surface area (TPSA) is 59.9 Å². The van der Waals surface area contributed by atoms with E-state index in [1.165, 1.54) is 11.8 Å². The maximum Gasteiger partial charge on any atom is 0.250 e. The van der Waals surface area contributed by atoms with Gasteiger partial charge in [0.2, 0.25) is 5.91 Å². The second-order valence-corrected chi connectivity index (χ2v) is 9.00. The van der Waals surface area contributed by atoms with E-state index in [0.717, 1.165) is 26.9 Å². The maximum absolute atomic E-state index is 12.0. The van der Waals surface area contributed by atoms with Crippen molar-refractivity contribution in [3.8, 4) is 11.5 Å². The Labute approximate surface area is 205 Å². The summed E-state index contributed by atoms with van der Waals surface area (Å²) in [6.07, 6.45) is 1.57. The highest BCUT2D eigenvalue weighted by molar-refractivity contribution is 9.10. The minimum atomic E-state index is -0.172. The van der Waals surface area contributed by atoms with Gasteiger partial charge in [-0.15, -0.1) is 11.8 Å². The summed E-state index contributed by atoms with van der Waals surface area (Å²) in [4.78, 5) is 12.0. The lowest BCUT2D eigenvalue weighted by atomic mass is 10.2. The molecule has 0 aromatic heterocycles. The van der Waals surface area contributed by atoms with Gasteiger partial charge in [-0.05, 0) is 56.9 Å². The molecular weight excluding hydrogens is 512 g/mol. The number of carbonyl (C=O) groups is 1. The van der Waals surface area contributed by atoms with Gasteiger partial charge in [0.1, 0.15) is 6.61 Å². The molecule has 0 aliphatic heterocycles. The number of nitrogens with one attached hydrogen (secondary N) is 1. The quantitative estimate of drug-likeness (QED) is 0.254. The zero-order valence-corrected chi connectivity index (χ0v) is 20.5. The molecule has 32 heavy (non-hydrogen) atoms. The van der Waals surface area contributed by atoms with Gasteiger partial charge in [-0.25, -0.2) is 5.43 Å². The minimum absolute atomic E-state index is 0.172. The fourth-order valence-corrected chi connectivity index (χ4v) is 4.22. The molecule has 3 rings (SSSR count). The Bertz CT molecular complexity index is 1060. The van der Waals surface area contributed by atoms with E-state index in [1.54, 1.807) is 19.4 Å². The summed E-state index contributed by atoms with van der Waals surface area (Å²) in [5.74, 6) is 2.04. The predicted molar refractivity (Wildman–Crippen MR) is 135 cm³/mol. The molecule has 8 heteroatoms. The van der Waals surface area contributed by atoms with E-state index in [2.05, 4.69) is 26.5 Å². The van der Waals surface area contributed by atoms with E-state index in [9.17, 15) is 4.79 Å². The molecule has 0 aliphatic rings. The van der Waals surface area contributed by atoms with Crippen molar-refractivity contribution in [1.82, 2.24) is 5.43 Å². The highest BCUT2D eigenvalue weighted by Gasteiger charge is 2.11. The maximum atomic E-state index is 12.0. The fourth-order valence-electron chi connectivity index (χ4n) is 2.74. The van der Waals surface area contributed by atoms with Crippen LogP contribution in [0.25, 0.3) is 0 Å². The van der Waals surface area contributed by atoms with Crippen LogP contribution in [-0.2, 0) is 17.2 Å². The zero-order valence-electron chi connectivity index (χ0n) is 17.4. The molecule has 0 fully saturated rings. The van der Waals surface area contributed by atoms with Crippen molar-refractivity contribution in [1.29, 1.82) is 0 Å². The number of halogens is 2. The Hall–Kier alpha value is -2.48. The molecule has 166 valence electrons. The fraction of sp³-hybridized carbons (Fsp3) is 0.167. The van der Waals surface area contributed by atoms with E-state index < -0.39 is 0 Å². The number of rotatable bonds is 10. The van der Waals surface area contributed by atoms with E-state index in [0.29, 0.717) is 28.9 Å². The van der Waals surface area contributed by atoms with Gasteiger partial charge in [0.15, 0.2) is 11.5 Å². The van der Waals surface area contributed by atoms with Gasteiger partial charge >= 0.3 is 0 Å². The zero-order chi connectivity index (χ0) is 22.8. The van der Waals surface area contributed by atoms with Crippen molar-refractivity contribution in [2.24, 2.45) is 5.10 Å². The number of methoxy groups -OCH3 is 1. The summed E-state index contributed by atoms with van der Waals surface area (Å²) in [6.45, 7) is 0.424. The van der Waals surface area contributed by atoms with Gasteiger partial charge in [0.25, 0.3) is 0 Å². The molecule has 0 spiro atoms. The molecular formula is C24H22BrClN2O3S. The van der Waals surface area contributed by atoms with Gasteiger partial charge in [0, 0.05) is 10.8 Å². The molecule has 1 amide bonds. The molecule has 0 unspecified atom stereocenters. The number of hydrazone groups is 1. The summed E-state index contributed by atoms with van der Waals surface area (Å²) >= 11 is 10.9. The Morgan fingerprint density at radius 3 is 2.59 bits per heavy atom. The average Bonchev–Trinajstić information content (AvgIpc) is 2.80. The van der Waals surface area contributed by atoms with Gasteiger partial charge < -0.3 is 9.47 Å².